The molecule has 0 aromatic rings. The lowest BCUT2D eigenvalue weighted by Gasteiger charge is -2.29. The monoisotopic (exact) mass is 137 g/mol. The molecule has 0 radical (unpaired) electrons. The molecule has 2 aliphatic rings. The Morgan fingerprint density at radius 3 is 2.40 bits per heavy atom. The maximum absolute atomic E-state index is 4.34. The smallest absolute Gasteiger partial charge is 0.0394 e. The van der Waals surface area contributed by atoms with E-state index in [1.807, 2.05) is 0 Å². The Balaban J connectivity index is 2.05. The zero-order valence-electron chi connectivity index (χ0n) is 6.47. The second-order valence-corrected chi connectivity index (χ2v) is 3.71. The summed E-state index contributed by atoms with van der Waals surface area (Å²) in [6, 6.07) is 0. The predicted molar refractivity (Wildman–Crippen MR) is 43.5 cm³/mol. The van der Waals surface area contributed by atoms with Gasteiger partial charge in [-0.15, -0.1) is 0 Å². The lowest BCUT2D eigenvalue weighted by Crippen LogP contribution is -2.22. The molecule has 0 bridgehead atoms. The normalized spacial score (nSPS) is 29.6. The molecule has 1 nitrogen and oxygen atoms in total. The van der Waals surface area contributed by atoms with Crippen LogP contribution in [0.25, 0.3) is 0 Å². The molecule has 1 heterocycles. The van der Waals surface area contributed by atoms with Crippen LogP contribution in [0.3, 0.4) is 0 Å². The Morgan fingerprint density at radius 2 is 1.80 bits per heavy atom. The van der Waals surface area contributed by atoms with E-state index in [-0.39, 0.29) is 0 Å². The van der Waals surface area contributed by atoms with Gasteiger partial charge in [0.1, 0.15) is 0 Å². The molecule has 1 aliphatic heterocycles. The summed E-state index contributed by atoms with van der Waals surface area (Å²) in [5.74, 6) is 0. The third-order valence-electron chi connectivity index (χ3n) is 2.95. The third kappa shape index (κ3) is 0.979. The minimum atomic E-state index is 0.582. The van der Waals surface area contributed by atoms with Gasteiger partial charge in [0, 0.05) is 18.2 Å². The molecule has 2 rings (SSSR count). The largest absolute Gasteiger partial charge is 0.297 e. The quantitative estimate of drug-likeness (QED) is 0.486. The van der Waals surface area contributed by atoms with E-state index in [2.05, 4.69) is 11.2 Å². The SMILES string of the molecule is C1=NCCC12CCCCC2. The van der Waals surface area contributed by atoms with E-state index in [9.17, 15) is 0 Å². The van der Waals surface area contributed by atoms with Crippen molar-refractivity contribution in [3.8, 4) is 0 Å². The van der Waals surface area contributed by atoms with Gasteiger partial charge in [0.15, 0.2) is 0 Å². The highest BCUT2D eigenvalue weighted by atomic mass is 14.8. The second-order valence-electron chi connectivity index (χ2n) is 3.71. The second kappa shape index (κ2) is 2.37. The lowest BCUT2D eigenvalue weighted by atomic mass is 9.74. The minimum Gasteiger partial charge on any atom is -0.297 e. The molecule has 56 valence electrons. The van der Waals surface area contributed by atoms with Crippen molar-refractivity contribution in [2.75, 3.05) is 6.54 Å². The van der Waals surface area contributed by atoms with Crippen molar-refractivity contribution in [2.45, 2.75) is 38.5 Å². The van der Waals surface area contributed by atoms with E-state index in [0.29, 0.717) is 5.41 Å². The summed E-state index contributed by atoms with van der Waals surface area (Å²) >= 11 is 0. The average Bonchev–Trinajstić information content (AvgIpc) is 2.39. The van der Waals surface area contributed by atoms with Gasteiger partial charge in [-0.2, -0.15) is 0 Å². The van der Waals surface area contributed by atoms with Crippen molar-refractivity contribution >= 4 is 6.21 Å². The van der Waals surface area contributed by atoms with Gasteiger partial charge in [-0.25, -0.2) is 0 Å². The summed E-state index contributed by atoms with van der Waals surface area (Å²) in [5, 5.41) is 0. The Kier molecular flexibility index (Phi) is 1.51. The van der Waals surface area contributed by atoms with Crippen molar-refractivity contribution in [1.82, 2.24) is 0 Å². The summed E-state index contributed by atoms with van der Waals surface area (Å²) in [6.45, 7) is 1.10. The molecule has 0 atom stereocenters. The van der Waals surface area contributed by atoms with Crippen molar-refractivity contribution in [3.05, 3.63) is 0 Å². The molecule has 0 saturated heterocycles. The van der Waals surface area contributed by atoms with Crippen LogP contribution in [0, 0.1) is 5.41 Å². The topological polar surface area (TPSA) is 12.4 Å². The average molecular weight is 137 g/mol. The molecule has 1 aliphatic carbocycles. The van der Waals surface area contributed by atoms with Crippen molar-refractivity contribution in [2.24, 2.45) is 10.4 Å². The fraction of sp³-hybridized carbons (Fsp3) is 0.889. The maximum atomic E-state index is 4.34. The predicted octanol–water partition coefficient (Wildman–Crippen LogP) is 2.41. The highest BCUT2D eigenvalue weighted by Crippen LogP contribution is 2.39. The van der Waals surface area contributed by atoms with Gasteiger partial charge < -0.3 is 0 Å². The Bertz CT molecular complexity index is 143. The maximum Gasteiger partial charge on any atom is 0.0394 e. The zero-order valence-corrected chi connectivity index (χ0v) is 6.47. The van der Waals surface area contributed by atoms with Crippen LogP contribution in [-0.4, -0.2) is 12.8 Å². The first kappa shape index (κ1) is 6.38. The summed E-state index contributed by atoms with van der Waals surface area (Å²) in [6.07, 6.45) is 10.7. The van der Waals surface area contributed by atoms with Gasteiger partial charge >= 0.3 is 0 Å². The Labute approximate surface area is 62.5 Å². The van der Waals surface area contributed by atoms with Crippen LogP contribution in [0.15, 0.2) is 4.99 Å². The van der Waals surface area contributed by atoms with Gasteiger partial charge in [0.25, 0.3) is 0 Å². The van der Waals surface area contributed by atoms with Gasteiger partial charge in [-0.05, 0) is 19.3 Å². The van der Waals surface area contributed by atoms with Crippen LogP contribution >= 0.6 is 0 Å². The minimum absolute atomic E-state index is 0.582. The van der Waals surface area contributed by atoms with Crippen molar-refractivity contribution in [1.29, 1.82) is 0 Å². The number of hydrogen-bond acceptors (Lipinski definition) is 1. The van der Waals surface area contributed by atoms with E-state index in [1.165, 1.54) is 38.5 Å². The summed E-state index contributed by atoms with van der Waals surface area (Å²) in [7, 11) is 0. The van der Waals surface area contributed by atoms with Gasteiger partial charge in [0.2, 0.25) is 0 Å². The molecule has 1 spiro atoms. The molecule has 0 unspecified atom stereocenters. The molecule has 0 aromatic heterocycles. The number of rotatable bonds is 0. The van der Waals surface area contributed by atoms with Crippen LogP contribution in [0.1, 0.15) is 38.5 Å². The van der Waals surface area contributed by atoms with E-state index in [0.717, 1.165) is 6.54 Å². The first-order valence-electron chi connectivity index (χ1n) is 4.42. The molecule has 1 saturated carbocycles. The molecular formula is C9H15N. The number of hydrogen-bond donors (Lipinski definition) is 0. The molecule has 10 heavy (non-hydrogen) atoms. The lowest BCUT2D eigenvalue weighted by molar-refractivity contribution is 0.289. The first-order chi connectivity index (χ1) is 4.91. The summed E-state index contributed by atoms with van der Waals surface area (Å²) in [5.41, 5.74) is 0.582. The molecular weight excluding hydrogens is 122 g/mol. The van der Waals surface area contributed by atoms with E-state index in [4.69, 9.17) is 0 Å². The molecule has 1 heteroatoms. The summed E-state index contributed by atoms with van der Waals surface area (Å²) < 4.78 is 0. The van der Waals surface area contributed by atoms with Gasteiger partial charge in [0.05, 0.1) is 0 Å². The fourth-order valence-electron chi connectivity index (χ4n) is 2.24. The Morgan fingerprint density at radius 1 is 1.00 bits per heavy atom. The van der Waals surface area contributed by atoms with Crippen LogP contribution < -0.4 is 0 Å². The van der Waals surface area contributed by atoms with Gasteiger partial charge in [-0.3, -0.25) is 4.99 Å². The third-order valence-corrected chi connectivity index (χ3v) is 2.95. The van der Waals surface area contributed by atoms with Crippen LogP contribution in [0.4, 0.5) is 0 Å². The van der Waals surface area contributed by atoms with E-state index in [1.54, 1.807) is 0 Å². The Hall–Kier alpha value is -0.330. The standard InChI is InChI=1S/C9H15N/c1-2-4-9(5-3-1)6-7-10-8-9/h8H,1-7H2. The van der Waals surface area contributed by atoms with Crippen LogP contribution in [0.2, 0.25) is 0 Å². The van der Waals surface area contributed by atoms with Crippen LogP contribution in [-0.2, 0) is 0 Å². The highest BCUT2D eigenvalue weighted by Gasteiger charge is 2.31. The number of aliphatic imine (C=N–C) groups is 1. The summed E-state index contributed by atoms with van der Waals surface area (Å²) in [4.78, 5) is 4.34. The zero-order chi connectivity index (χ0) is 6.86. The first-order valence-corrected chi connectivity index (χ1v) is 4.42. The highest BCUT2D eigenvalue weighted by molar-refractivity contribution is 5.68. The van der Waals surface area contributed by atoms with E-state index < -0.39 is 0 Å². The van der Waals surface area contributed by atoms with Crippen LogP contribution in [0.5, 0.6) is 0 Å². The molecule has 0 amide bonds. The molecule has 0 N–H and O–H groups in total. The van der Waals surface area contributed by atoms with Crippen molar-refractivity contribution in [3.63, 3.8) is 0 Å². The fourth-order valence-corrected chi connectivity index (χ4v) is 2.24. The molecule has 0 aromatic carbocycles. The van der Waals surface area contributed by atoms with Gasteiger partial charge in [-0.1, -0.05) is 19.3 Å². The molecule has 1 fully saturated rings. The number of nitrogens with zero attached hydrogens (tertiary/aromatic N) is 1. The van der Waals surface area contributed by atoms with Crippen molar-refractivity contribution < 1.29 is 0 Å². The van der Waals surface area contributed by atoms with E-state index >= 15 is 0 Å².